The molecule has 0 radical (unpaired) electrons. The fourth-order valence-electron chi connectivity index (χ4n) is 1.11. The van der Waals surface area contributed by atoms with E-state index >= 15 is 0 Å². The molecule has 0 amide bonds. The van der Waals surface area contributed by atoms with Crippen LogP contribution in [-0.4, -0.2) is 24.3 Å². The van der Waals surface area contributed by atoms with E-state index in [0.717, 1.165) is 19.4 Å². The van der Waals surface area contributed by atoms with Crippen LogP contribution >= 0.6 is 0 Å². The zero-order valence-corrected chi connectivity index (χ0v) is 10.6. The molecule has 0 aromatic rings. The SMILES string of the molecule is CCCCOC(C)CC(=O)OC(C)(C)C. The van der Waals surface area contributed by atoms with Crippen LogP contribution in [0.5, 0.6) is 0 Å². The third-order valence-corrected chi connectivity index (χ3v) is 1.77. The van der Waals surface area contributed by atoms with Crippen LogP contribution in [0.3, 0.4) is 0 Å². The van der Waals surface area contributed by atoms with Crippen molar-refractivity contribution in [3.8, 4) is 0 Å². The molecule has 0 heterocycles. The lowest BCUT2D eigenvalue weighted by molar-refractivity contribution is -0.157. The Bertz CT molecular complexity index is 182. The Morgan fingerprint density at radius 1 is 1.33 bits per heavy atom. The van der Waals surface area contributed by atoms with Crippen molar-refractivity contribution in [3.63, 3.8) is 0 Å². The van der Waals surface area contributed by atoms with E-state index in [2.05, 4.69) is 6.92 Å². The first-order valence-corrected chi connectivity index (χ1v) is 5.68. The van der Waals surface area contributed by atoms with E-state index in [1.165, 1.54) is 0 Å². The Balaban J connectivity index is 3.67. The minimum absolute atomic E-state index is 0.0496. The minimum atomic E-state index is -0.403. The predicted molar refractivity (Wildman–Crippen MR) is 60.8 cm³/mol. The van der Waals surface area contributed by atoms with E-state index in [1.807, 2.05) is 27.7 Å². The van der Waals surface area contributed by atoms with Crippen LogP contribution in [0.2, 0.25) is 0 Å². The number of ether oxygens (including phenoxy) is 2. The molecule has 15 heavy (non-hydrogen) atoms. The Kier molecular flexibility index (Phi) is 6.57. The summed E-state index contributed by atoms with van der Waals surface area (Å²) in [5.41, 5.74) is -0.403. The van der Waals surface area contributed by atoms with Crippen LogP contribution < -0.4 is 0 Å². The summed E-state index contributed by atoms with van der Waals surface area (Å²) in [6, 6.07) is 0. The normalized spacial score (nSPS) is 13.7. The Morgan fingerprint density at radius 2 is 1.93 bits per heavy atom. The van der Waals surface area contributed by atoms with Gasteiger partial charge in [0, 0.05) is 6.61 Å². The molecule has 1 unspecified atom stereocenters. The van der Waals surface area contributed by atoms with Gasteiger partial charge in [0.25, 0.3) is 0 Å². The molecule has 3 nitrogen and oxygen atoms in total. The fraction of sp³-hybridized carbons (Fsp3) is 0.917. The highest BCUT2D eigenvalue weighted by atomic mass is 16.6. The number of hydrogen-bond donors (Lipinski definition) is 0. The molecular weight excluding hydrogens is 192 g/mol. The van der Waals surface area contributed by atoms with Crippen LogP contribution in [0.4, 0.5) is 0 Å². The van der Waals surface area contributed by atoms with Crippen LogP contribution in [0.1, 0.15) is 53.9 Å². The maximum atomic E-state index is 11.4. The van der Waals surface area contributed by atoms with Gasteiger partial charge in [-0.25, -0.2) is 0 Å². The van der Waals surface area contributed by atoms with Crippen molar-refractivity contribution >= 4 is 5.97 Å². The molecule has 0 aliphatic heterocycles. The van der Waals surface area contributed by atoms with Gasteiger partial charge >= 0.3 is 5.97 Å². The summed E-state index contributed by atoms with van der Waals surface area (Å²) >= 11 is 0. The maximum Gasteiger partial charge on any atom is 0.308 e. The van der Waals surface area contributed by atoms with E-state index in [0.29, 0.717) is 6.42 Å². The van der Waals surface area contributed by atoms with Crippen molar-refractivity contribution in [2.45, 2.75) is 65.6 Å². The molecule has 1 atom stereocenters. The zero-order chi connectivity index (χ0) is 11.9. The van der Waals surface area contributed by atoms with Crippen molar-refractivity contribution in [2.24, 2.45) is 0 Å². The summed E-state index contributed by atoms with van der Waals surface area (Å²) in [6.45, 7) is 10.3. The molecule has 0 aliphatic carbocycles. The average Bonchev–Trinajstić information content (AvgIpc) is 2.00. The number of carbonyl (C=O) groups is 1. The van der Waals surface area contributed by atoms with E-state index in [4.69, 9.17) is 9.47 Å². The standard InChI is InChI=1S/C12H24O3/c1-6-7-8-14-10(2)9-11(13)15-12(3,4)5/h10H,6-9H2,1-5H3. The summed E-state index contributed by atoms with van der Waals surface area (Å²) in [6.07, 6.45) is 2.44. The predicted octanol–water partition coefficient (Wildman–Crippen LogP) is 2.92. The van der Waals surface area contributed by atoms with Gasteiger partial charge in [0.05, 0.1) is 12.5 Å². The van der Waals surface area contributed by atoms with Gasteiger partial charge in [-0.2, -0.15) is 0 Å². The van der Waals surface area contributed by atoms with Gasteiger partial charge < -0.3 is 9.47 Å². The number of esters is 1. The molecule has 0 aromatic heterocycles. The van der Waals surface area contributed by atoms with Gasteiger partial charge in [-0.05, 0) is 34.1 Å². The first kappa shape index (κ1) is 14.4. The molecule has 0 rings (SSSR count). The molecule has 0 saturated carbocycles. The first-order chi connectivity index (χ1) is 6.85. The fourth-order valence-corrected chi connectivity index (χ4v) is 1.11. The molecule has 0 aromatic carbocycles. The first-order valence-electron chi connectivity index (χ1n) is 5.68. The number of carbonyl (C=O) groups excluding carboxylic acids is 1. The van der Waals surface area contributed by atoms with Crippen LogP contribution in [0.15, 0.2) is 0 Å². The van der Waals surface area contributed by atoms with Gasteiger partial charge in [-0.3, -0.25) is 4.79 Å². The Labute approximate surface area is 93.1 Å². The lowest BCUT2D eigenvalue weighted by Crippen LogP contribution is -2.26. The highest BCUT2D eigenvalue weighted by Gasteiger charge is 2.18. The molecule has 0 aliphatic rings. The molecule has 0 bridgehead atoms. The summed E-state index contributed by atoms with van der Waals surface area (Å²) in [4.78, 5) is 11.4. The summed E-state index contributed by atoms with van der Waals surface area (Å²) in [5.74, 6) is -0.188. The Hall–Kier alpha value is -0.570. The van der Waals surface area contributed by atoms with Crippen LogP contribution in [-0.2, 0) is 14.3 Å². The zero-order valence-electron chi connectivity index (χ0n) is 10.6. The molecule has 0 spiro atoms. The minimum Gasteiger partial charge on any atom is -0.460 e. The second kappa shape index (κ2) is 6.83. The number of hydrogen-bond acceptors (Lipinski definition) is 3. The quantitative estimate of drug-likeness (QED) is 0.506. The summed E-state index contributed by atoms with van der Waals surface area (Å²) in [7, 11) is 0. The van der Waals surface area contributed by atoms with Crippen molar-refractivity contribution < 1.29 is 14.3 Å². The van der Waals surface area contributed by atoms with E-state index in [1.54, 1.807) is 0 Å². The number of unbranched alkanes of at least 4 members (excludes halogenated alkanes) is 1. The lowest BCUT2D eigenvalue weighted by Gasteiger charge is -2.21. The van der Waals surface area contributed by atoms with Crippen molar-refractivity contribution in [1.29, 1.82) is 0 Å². The lowest BCUT2D eigenvalue weighted by atomic mass is 10.2. The van der Waals surface area contributed by atoms with Crippen molar-refractivity contribution in [1.82, 2.24) is 0 Å². The van der Waals surface area contributed by atoms with Crippen LogP contribution in [0, 0.1) is 0 Å². The summed E-state index contributed by atoms with van der Waals surface area (Å²) < 4.78 is 10.7. The molecule has 0 fully saturated rings. The summed E-state index contributed by atoms with van der Waals surface area (Å²) in [5, 5.41) is 0. The van der Waals surface area contributed by atoms with E-state index < -0.39 is 5.60 Å². The highest BCUT2D eigenvalue weighted by Crippen LogP contribution is 2.10. The molecular formula is C12H24O3. The maximum absolute atomic E-state index is 11.4. The molecule has 90 valence electrons. The topological polar surface area (TPSA) is 35.5 Å². The van der Waals surface area contributed by atoms with Crippen molar-refractivity contribution in [2.75, 3.05) is 6.61 Å². The van der Waals surface area contributed by atoms with Gasteiger partial charge in [-0.15, -0.1) is 0 Å². The second-order valence-corrected chi connectivity index (χ2v) is 4.83. The third-order valence-electron chi connectivity index (χ3n) is 1.77. The Morgan fingerprint density at radius 3 is 2.40 bits per heavy atom. The highest BCUT2D eigenvalue weighted by molar-refractivity contribution is 5.70. The van der Waals surface area contributed by atoms with Gasteiger partial charge in [-0.1, -0.05) is 13.3 Å². The van der Waals surface area contributed by atoms with Crippen molar-refractivity contribution in [3.05, 3.63) is 0 Å². The average molecular weight is 216 g/mol. The van der Waals surface area contributed by atoms with Gasteiger partial charge in [0.1, 0.15) is 5.60 Å². The third kappa shape index (κ3) is 9.73. The molecule has 0 N–H and O–H groups in total. The second-order valence-electron chi connectivity index (χ2n) is 4.83. The van der Waals surface area contributed by atoms with Gasteiger partial charge in [0.2, 0.25) is 0 Å². The van der Waals surface area contributed by atoms with E-state index in [-0.39, 0.29) is 12.1 Å². The largest absolute Gasteiger partial charge is 0.460 e. The smallest absolute Gasteiger partial charge is 0.308 e. The molecule has 3 heteroatoms. The van der Waals surface area contributed by atoms with Crippen LogP contribution in [0.25, 0.3) is 0 Å². The van der Waals surface area contributed by atoms with E-state index in [9.17, 15) is 4.79 Å². The monoisotopic (exact) mass is 216 g/mol. The van der Waals surface area contributed by atoms with Gasteiger partial charge in [0.15, 0.2) is 0 Å². The number of rotatable bonds is 6. The molecule has 0 saturated heterocycles.